The number of benzene rings is 2. The van der Waals surface area contributed by atoms with Gasteiger partial charge in [0.1, 0.15) is 5.75 Å². The zero-order chi connectivity index (χ0) is 20.3. The Balaban J connectivity index is 1.92. The van der Waals surface area contributed by atoms with Gasteiger partial charge in [-0.1, -0.05) is 18.2 Å². The summed E-state index contributed by atoms with van der Waals surface area (Å²) in [6.45, 7) is 5.49. The molecule has 144 valence electrons. The van der Waals surface area contributed by atoms with E-state index in [1.165, 1.54) is 0 Å². The van der Waals surface area contributed by atoms with E-state index in [4.69, 9.17) is 9.47 Å². The van der Waals surface area contributed by atoms with Crippen LogP contribution in [0, 0.1) is 0 Å². The second-order valence-electron chi connectivity index (χ2n) is 6.74. The number of fused-ring (bicyclic) bond motifs is 1. The number of carbonyl (C=O) groups excluding carboxylic acids is 1. The molecule has 1 N–H and O–H groups in total. The van der Waals surface area contributed by atoms with E-state index < -0.39 is 17.5 Å². The SMILES string of the molecule is CCOC(C)(C)C(=O)Oc1ccc(-c2nc3ccccc3cc2C(=O)O)cc1. The summed E-state index contributed by atoms with van der Waals surface area (Å²) in [4.78, 5) is 28.4. The predicted octanol–water partition coefficient (Wildman–Crippen LogP) is 4.32. The molecule has 1 aromatic heterocycles. The number of ether oxygens (including phenoxy) is 2. The van der Waals surface area contributed by atoms with Crippen molar-refractivity contribution < 1.29 is 24.2 Å². The second kappa shape index (κ2) is 7.78. The lowest BCUT2D eigenvalue weighted by Gasteiger charge is -2.22. The summed E-state index contributed by atoms with van der Waals surface area (Å²) in [5.74, 6) is -1.21. The van der Waals surface area contributed by atoms with E-state index in [2.05, 4.69) is 4.98 Å². The van der Waals surface area contributed by atoms with Gasteiger partial charge in [0.2, 0.25) is 0 Å². The molecular weight excluding hydrogens is 358 g/mol. The molecule has 2 aromatic carbocycles. The van der Waals surface area contributed by atoms with Crippen molar-refractivity contribution in [2.24, 2.45) is 0 Å². The fraction of sp³-hybridized carbons (Fsp3) is 0.227. The van der Waals surface area contributed by atoms with Crippen molar-refractivity contribution in [1.29, 1.82) is 0 Å². The lowest BCUT2D eigenvalue weighted by molar-refractivity contribution is -0.157. The molecule has 0 amide bonds. The number of rotatable bonds is 6. The lowest BCUT2D eigenvalue weighted by atomic mass is 10.0. The smallest absolute Gasteiger partial charge is 0.343 e. The Labute approximate surface area is 162 Å². The molecule has 0 unspecified atom stereocenters. The van der Waals surface area contributed by atoms with Crippen LogP contribution in [0.3, 0.4) is 0 Å². The Hall–Kier alpha value is -3.25. The highest BCUT2D eigenvalue weighted by Gasteiger charge is 2.30. The number of carboxylic acid groups (broad SMARTS) is 1. The average molecular weight is 379 g/mol. The van der Waals surface area contributed by atoms with Gasteiger partial charge in [0.05, 0.1) is 16.8 Å². The first-order valence-corrected chi connectivity index (χ1v) is 8.91. The molecule has 0 aliphatic heterocycles. The highest BCUT2D eigenvalue weighted by atomic mass is 16.6. The third kappa shape index (κ3) is 4.02. The molecule has 6 nitrogen and oxygen atoms in total. The first kappa shape index (κ1) is 19.5. The van der Waals surface area contributed by atoms with Crippen molar-refractivity contribution >= 4 is 22.8 Å². The van der Waals surface area contributed by atoms with Gasteiger partial charge >= 0.3 is 11.9 Å². The first-order chi connectivity index (χ1) is 13.3. The van der Waals surface area contributed by atoms with Crippen LogP contribution in [0.4, 0.5) is 0 Å². The average Bonchev–Trinajstić information content (AvgIpc) is 2.67. The minimum absolute atomic E-state index is 0.112. The molecule has 0 saturated carbocycles. The first-order valence-electron chi connectivity index (χ1n) is 8.91. The molecule has 0 spiro atoms. The third-order valence-electron chi connectivity index (χ3n) is 4.29. The van der Waals surface area contributed by atoms with Crippen LogP contribution >= 0.6 is 0 Å². The highest BCUT2D eigenvalue weighted by Crippen LogP contribution is 2.28. The van der Waals surface area contributed by atoms with Gasteiger partial charge in [0.15, 0.2) is 5.60 Å². The molecule has 0 aliphatic carbocycles. The molecule has 0 saturated heterocycles. The van der Waals surface area contributed by atoms with Crippen molar-refractivity contribution in [3.05, 3.63) is 60.2 Å². The van der Waals surface area contributed by atoms with Crippen LogP contribution in [0.25, 0.3) is 22.2 Å². The summed E-state index contributed by atoms with van der Waals surface area (Å²) in [6, 6.07) is 15.5. The Morgan fingerprint density at radius 3 is 2.39 bits per heavy atom. The molecule has 0 aliphatic rings. The van der Waals surface area contributed by atoms with Gasteiger partial charge in [0.25, 0.3) is 0 Å². The molecule has 3 aromatic rings. The van der Waals surface area contributed by atoms with Gasteiger partial charge in [-0.25, -0.2) is 14.6 Å². The number of aromatic carboxylic acids is 1. The Kier molecular flexibility index (Phi) is 5.42. The van der Waals surface area contributed by atoms with Gasteiger partial charge < -0.3 is 14.6 Å². The second-order valence-corrected chi connectivity index (χ2v) is 6.74. The van der Waals surface area contributed by atoms with Crippen LogP contribution in [-0.4, -0.2) is 34.2 Å². The van der Waals surface area contributed by atoms with Gasteiger partial charge in [-0.3, -0.25) is 0 Å². The molecule has 0 bridgehead atoms. The van der Waals surface area contributed by atoms with Crippen molar-refractivity contribution in [1.82, 2.24) is 4.98 Å². The number of hydrogen-bond acceptors (Lipinski definition) is 5. The van der Waals surface area contributed by atoms with Gasteiger partial charge in [0, 0.05) is 17.6 Å². The number of hydrogen-bond donors (Lipinski definition) is 1. The maximum atomic E-state index is 12.2. The van der Waals surface area contributed by atoms with Gasteiger partial charge in [-0.15, -0.1) is 0 Å². The number of nitrogens with zero attached hydrogens (tertiary/aromatic N) is 1. The van der Waals surface area contributed by atoms with Gasteiger partial charge in [-0.05, 0) is 57.2 Å². The minimum atomic E-state index is -1.05. The van der Waals surface area contributed by atoms with Crippen LogP contribution in [0.2, 0.25) is 0 Å². The Bertz CT molecular complexity index is 1020. The molecule has 0 atom stereocenters. The van der Waals surface area contributed by atoms with Crippen molar-refractivity contribution in [3.8, 4) is 17.0 Å². The minimum Gasteiger partial charge on any atom is -0.478 e. The van der Waals surface area contributed by atoms with Crippen LogP contribution in [0.5, 0.6) is 5.75 Å². The van der Waals surface area contributed by atoms with E-state index >= 15 is 0 Å². The Morgan fingerprint density at radius 1 is 1.07 bits per heavy atom. The summed E-state index contributed by atoms with van der Waals surface area (Å²) >= 11 is 0. The number of carbonyl (C=O) groups is 2. The van der Waals surface area contributed by atoms with E-state index in [0.29, 0.717) is 29.1 Å². The summed E-state index contributed by atoms with van der Waals surface area (Å²) in [6.07, 6.45) is 0. The highest BCUT2D eigenvalue weighted by molar-refractivity contribution is 5.99. The zero-order valence-electron chi connectivity index (χ0n) is 15.9. The van der Waals surface area contributed by atoms with E-state index in [0.717, 1.165) is 5.39 Å². The maximum Gasteiger partial charge on any atom is 0.343 e. The van der Waals surface area contributed by atoms with E-state index in [9.17, 15) is 14.7 Å². The largest absolute Gasteiger partial charge is 0.478 e. The van der Waals surface area contributed by atoms with Gasteiger partial charge in [-0.2, -0.15) is 0 Å². The van der Waals surface area contributed by atoms with Crippen LogP contribution < -0.4 is 4.74 Å². The number of aromatic nitrogens is 1. The number of esters is 1. The molecule has 6 heteroatoms. The fourth-order valence-electron chi connectivity index (χ4n) is 2.83. The molecule has 1 heterocycles. The summed E-state index contributed by atoms with van der Waals surface area (Å²) in [7, 11) is 0. The number of para-hydroxylation sites is 1. The van der Waals surface area contributed by atoms with Crippen molar-refractivity contribution in [3.63, 3.8) is 0 Å². The summed E-state index contributed by atoms with van der Waals surface area (Å²) in [5, 5.41) is 10.3. The van der Waals surface area contributed by atoms with Crippen LogP contribution in [-0.2, 0) is 9.53 Å². The van der Waals surface area contributed by atoms with Crippen molar-refractivity contribution in [2.45, 2.75) is 26.4 Å². The topological polar surface area (TPSA) is 85.7 Å². The number of carboxylic acids is 1. The maximum absolute atomic E-state index is 12.2. The molecule has 28 heavy (non-hydrogen) atoms. The molecule has 0 radical (unpaired) electrons. The van der Waals surface area contributed by atoms with Crippen molar-refractivity contribution in [2.75, 3.05) is 6.61 Å². The predicted molar refractivity (Wildman–Crippen MR) is 105 cm³/mol. The molecule has 3 rings (SSSR count). The summed E-state index contributed by atoms with van der Waals surface area (Å²) in [5.41, 5.74) is 0.743. The summed E-state index contributed by atoms with van der Waals surface area (Å²) < 4.78 is 10.8. The van der Waals surface area contributed by atoms with E-state index in [1.54, 1.807) is 51.1 Å². The molecule has 0 fully saturated rings. The van der Waals surface area contributed by atoms with E-state index in [-0.39, 0.29) is 5.56 Å². The monoisotopic (exact) mass is 379 g/mol. The zero-order valence-corrected chi connectivity index (χ0v) is 15.9. The van der Waals surface area contributed by atoms with Crippen LogP contribution in [0.15, 0.2) is 54.6 Å². The Morgan fingerprint density at radius 2 is 1.75 bits per heavy atom. The number of pyridine rings is 1. The quantitative estimate of drug-likeness (QED) is 0.507. The standard InChI is InChI=1S/C22H21NO5/c1-4-27-22(2,3)21(26)28-16-11-9-14(10-12-16)19-17(20(24)25)13-15-7-5-6-8-18(15)23-19/h5-13H,4H2,1-3H3,(H,24,25). The fourth-order valence-corrected chi connectivity index (χ4v) is 2.83. The normalized spacial score (nSPS) is 11.4. The third-order valence-corrected chi connectivity index (χ3v) is 4.29. The lowest BCUT2D eigenvalue weighted by Crippen LogP contribution is -2.38. The van der Waals surface area contributed by atoms with E-state index in [1.807, 2.05) is 24.3 Å². The van der Waals surface area contributed by atoms with Crippen LogP contribution in [0.1, 0.15) is 31.1 Å². The molecular formula is C22H21NO5.